The van der Waals surface area contributed by atoms with Gasteiger partial charge in [0.1, 0.15) is 0 Å². The second-order valence-electron chi connectivity index (χ2n) is 7.84. The molecule has 26 heavy (non-hydrogen) atoms. The number of rotatable bonds is 8. The second-order valence-corrected chi connectivity index (χ2v) is 7.84. The molecule has 2 rings (SSSR count). The van der Waals surface area contributed by atoms with Crippen LogP contribution < -0.4 is 0 Å². The highest BCUT2D eigenvalue weighted by molar-refractivity contribution is 5.85. The second kappa shape index (κ2) is 9.75. The van der Waals surface area contributed by atoms with Crippen molar-refractivity contribution >= 4 is 11.8 Å². The number of carbonyl (C=O) groups is 2. The molecule has 0 saturated heterocycles. The first-order valence-corrected chi connectivity index (χ1v) is 10.1. The summed E-state index contributed by atoms with van der Waals surface area (Å²) in [6.07, 6.45) is 4.51. The molecule has 4 nitrogen and oxygen atoms in total. The van der Waals surface area contributed by atoms with E-state index in [-0.39, 0.29) is 24.4 Å². The molecule has 4 heteroatoms. The van der Waals surface area contributed by atoms with Crippen LogP contribution in [0.3, 0.4) is 0 Å². The minimum Gasteiger partial charge on any atom is -0.334 e. The Kier molecular flexibility index (Phi) is 7.67. The summed E-state index contributed by atoms with van der Waals surface area (Å²) in [5.41, 5.74) is 2.57. The van der Waals surface area contributed by atoms with E-state index in [9.17, 15) is 9.59 Å². The first-order chi connectivity index (χ1) is 12.4. The molecule has 1 atom stereocenters. The van der Waals surface area contributed by atoms with Gasteiger partial charge in [0.2, 0.25) is 11.8 Å². The Morgan fingerprint density at radius 1 is 1.23 bits per heavy atom. The van der Waals surface area contributed by atoms with Gasteiger partial charge in [-0.2, -0.15) is 0 Å². The lowest BCUT2D eigenvalue weighted by molar-refractivity contribution is -0.142. The third kappa shape index (κ3) is 5.33. The molecule has 0 saturated carbocycles. The highest BCUT2D eigenvalue weighted by Crippen LogP contribution is 2.29. The monoisotopic (exact) mass is 358 g/mol. The summed E-state index contributed by atoms with van der Waals surface area (Å²) >= 11 is 0. The van der Waals surface area contributed by atoms with Crippen molar-refractivity contribution < 1.29 is 9.59 Å². The van der Waals surface area contributed by atoms with Crippen molar-refractivity contribution in [3.63, 3.8) is 0 Å². The molecule has 1 heterocycles. The number of hydrogen-bond acceptors (Lipinski definition) is 2. The predicted octanol–water partition coefficient (Wildman–Crippen LogP) is 4.20. The lowest BCUT2D eigenvalue weighted by atomic mass is 9.93. The van der Waals surface area contributed by atoms with Gasteiger partial charge in [0.05, 0.1) is 12.6 Å². The van der Waals surface area contributed by atoms with Crippen molar-refractivity contribution in [1.29, 1.82) is 0 Å². The van der Waals surface area contributed by atoms with E-state index in [0.717, 1.165) is 32.2 Å². The lowest BCUT2D eigenvalue weighted by Gasteiger charge is -2.37. The Hall–Kier alpha value is -1.84. The summed E-state index contributed by atoms with van der Waals surface area (Å²) in [7, 11) is 0. The van der Waals surface area contributed by atoms with Gasteiger partial charge < -0.3 is 9.80 Å². The minimum absolute atomic E-state index is 0.0662. The molecule has 0 radical (unpaired) electrons. The van der Waals surface area contributed by atoms with Crippen LogP contribution in [0.1, 0.15) is 70.5 Å². The van der Waals surface area contributed by atoms with E-state index >= 15 is 0 Å². The number of unbranched alkanes of at least 4 members (excludes halogenated alkanes) is 2. The fourth-order valence-corrected chi connectivity index (χ4v) is 3.75. The number of nitrogens with zero attached hydrogens (tertiary/aromatic N) is 2. The molecule has 1 aromatic carbocycles. The van der Waals surface area contributed by atoms with E-state index in [4.69, 9.17) is 0 Å². The molecule has 1 unspecified atom stereocenters. The fraction of sp³-hybridized carbons (Fsp3) is 0.636. The molecule has 1 aliphatic rings. The van der Waals surface area contributed by atoms with Crippen LogP contribution in [0.15, 0.2) is 24.3 Å². The molecule has 0 N–H and O–H groups in total. The molecule has 1 aliphatic heterocycles. The number of benzene rings is 1. The summed E-state index contributed by atoms with van der Waals surface area (Å²) in [5.74, 6) is 0.541. The van der Waals surface area contributed by atoms with Crippen LogP contribution in [0.4, 0.5) is 0 Å². The van der Waals surface area contributed by atoms with Crippen molar-refractivity contribution in [1.82, 2.24) is 9.80 Å². The summed E-state index contributed by atoms with van der Waals surface area (Å²) < 4.78 is 0. The highest BCUT2D eigenvalue weighted by atomic mass is 16.2. The van der Waals surface area contributed by atoms with Gasteiger partial charge >= 0.3 is 0 Å². The average molecular weight is 359 g/mol. The Morgan fingerprint density at radius 3 is 2.65 bits per heavy atom. The SMILES string of the molecule is CCCCCC(=O)N(CC(=O)N1CCc2ccccc2C1C)CC(C)C. The zero-order chi connectivity index (χ0) is 19.1. The van der Waals surface area contributed by atoms with Crippen LogP contribution >= 0.6 is 0 Å². The first kappa shape index (κ1) is 20.5. The Balaban J connectivity index is 2.03. The van der Waals surface area contributed by atoms with Gasteiger partial charge in [-0.1, -0.05) is 57.9 Å². The third-order valence-corrected chi connectivity index (χ3v) is 5.17. The Labute approximate surface area is 158 Å². The van der Waals surface area contributed by atoms with Crippen molar-refractivity contribution in [3.8, 4) is 0 Å². The van der Waals surface area contributed by atoms with Gasteiger partial charge in [0.15, 0.2) is 0 Å². The molecule has 2 amide bonds. The van der Waals surface area contributed by atoms with E-state index < -0.39 is 0 Å². The number of amides is 2. The van der Waals surface area contributed by atoms with Gasteiger partial charge in [-0.25, -0.2) is 0 Å². The quantitative estimate of drug-likeness (QED) is 0.654. The van der Waals surface area contributed by atoms with E-state index in [0.29, 0.717) is 18.9 Å². The molecule has 1 aromatic rings. The molecule has 0 aliphatic carbocycles. The topological polar surface area (TPSA) is 40.6 Å². The third-order valence-electron chi connectivity index (χ3n) is 5.17. The smallest absolute Gasteiger partial charge is 0.242 e. The first-order valence-electron chi connectivity index (χ1n) is 10.1. The van der Waals surface area contributed by atoms with Crippen LogP contribution in [0.2, 0.25) is 0 Å². The lowest BCUT2D eigenvalue weighted by Crippen LogP contribution is -2.47. The van der Waals surface area contributed by atoms with E-state index in [1.165, 1.54) is 11.1 Å². The largest absolute Gasteiger partial charge is 0.334 e. The summed E-state index contributed by atoms with van der Waals surface area (Å²) in [6.45, 7) is 10.00. The van der Waals surface area contributed by atoms with Gasteiger partial charge in [0.25, 0.3) is 0 Å². The van der Waals surface area contributed by atoms with Gasteiger partial charge in [-0.15, -0.1) is 0 Å². The van der Waals surface area contributed by atoms with Crippen molar-refractivity contribution in [2.24, 2.45) is 5.92 Å². The molecule has 0 bridgehead atoms. The van der Waals surface area contributed by atoms with E-state index in [2.05, 4.69) is 45.9 Å². The number of carbonyl (C=O) groups excluding carboxylic acids is 2. The average Bonchev–Trinajstić information content (AvgIpc) is 2.61. The van der Waals surface area contributed by atoms with Crippen LogP contribution in [0.25, 0.3) is 0 Å². The van der Waals surface area contributed by atoms with Crippen LogP contribution in [0.5, 0.6) is 0 Å². The fourth-order valence-electron chi connectivity index (χ4n) is 3.75. The van der Waals surface area contributed by atoms with Gasteiger partial charge in [-0.05, 0) is 36.8 Å². The van der Waals surface area contributed by atoms with Crippen molar-refractivity contribution in [2.75, 3.05) is 19.6 Å². The molecule has 0 fully saturated rings. The predicted molar refractivity (Wildman–Crippen MR) is 106 cm³/mol. The highest BCUT2D eigenvalue weighted by Gasteiger charge is 2.29. The maximum atomic E-state index is 13.0. The standard InChI is InChI=1S/C22H34N2O2/c1-5-6-7-12-21(25)23(15-17(2)3)16-22(26)24-14-13-19-10-8-9-11-20(19)18(24)4/h8-11,17-18H,5-7,12-16H2,1-4H3. The molecule has 0 spiro atoms. The van der Waals surface area contributed by atoms with Gasteiger partial charge in [-0.3, -0.25) is 9.59 Å². The maximum absolute atomic E-state index is 13.0. The Morgan fingerprint density at radius 2 is 1.96 bits per heavy atom. The normalized spacial score (nSPS) is 16.5. The molecule has 144 valence electrons. The minimum atomic E-state index is 0.0662. The zero-order valence-electron chi connectivity index (χ0n) is 16.8. The summed E-state index contributed by atoms with van der Waals surface area (Å²) in [5, 5.41) is 0. The van der Waals surface area contributed by atoms with Crippen molar-refractivity contribution in [3.05, 3.63) is 35.4 Å². The van der Waals surface area contributed by atoms with E-state index in [1.54, 1.807) is 4.90 Å². The maximum Gasteiger partial charge on any atom is 0.242 e. The molecular weight excluding hydrogens is 324 g/mol. The number of hydrogen-bond donors (Lipinski definition) is 0. The van der Waals surface area contributed by atoms with Crippen LogP contribution in [-0.4, -0.2) is 41.2 Å². The molecule has 0 aromatic heterocycles. The van der Waals surface area contributed by atoms with Crippen LogP contribution in [0, 0.1) is 5.92 Å². The summed E-state index contributed by atoms with van der Waals surface area (Å²) in [6, 6.07) is 8.43. The zero-order valence-corrected chi connectivity index (χ0v) is 16.8. The van der Waals surface area contributed by atoms with Crippen LogP contribution in [-0.2, 0) is 16.0 Å². The van der Waals surface area contributed by atoms with Gasteiger partial charge in [0, 0.05) is 19.5 Å². The Bertz CT molecular complexity index is 612. The number of fused-ring (bicyclic) bond motifs is 1. The van der Waals surface area contributed by atoms with Crippen molar-refractivity contribution in [2.45, 2.75) is 65.8 Å². The molecular formula is C22H34N2O2. The van der Waals surface area contributed by atoms with E-state index in [1.807, 2.05) is 11.0 Å². The summed E-state index contributed by atoms with van der Waals surface area (Å²) in [4.78, 5) is 29.3.